The summed E-state index contributed by atoms with van der Waals surface area (Å²) in [6.07, 6.45) is 1.58. The highest BCUT2D eigenvalue weighted by Gasteiger charge is 2.40. The number of carbonyl (C=O) groups excluding carboxylic acids is 5. The van der Waals surface area contributed by atoms with Crippen molar-refractivity contribution in [2.75, 3.05) is 23.9 Å². The van der Waals surface area contributed by atoms with E-state index in [1.807, 2.05) is 0 Å². The Hall–Kier alpha value is -5.68. The van der Waals surface area contributed by atoms with Gasteiger partial charge in [0.1, 0.15) is 11.4 Å². The summed E-state index contributed by atoms with van der Waals surface area (Å²) in [5.41, 5.74) is 2.28. The zero-order chi connectivity index (χ0) is 33.3. The summed E-state index contributed by atoms with van der Waals surface area (Å²) in [5, 5.41) is 4.88. The SMILES string of the molecule is CCOC(=O)c1ccc(N2C(=O)CC(Sc3ccc(NC(=O)/C(=C/c4ccc(OC)cc4)NC(=O)c4ccccc4)cc3)C2=O)cc1. The lowest BCUT2D eigenvalue weighted by Gasteiger charge is -2.15. The smallest absolute Gasteiger partial charge is 0.338 e. The molecule has 1 saturated heterocycles. The topological polar surface area (TPSA) is 131 Å². The fourth-order valence-corrected chi connectivity index (χ4v) is 5.77. The number of esters is 1. The molecule has 11 heteroatoms. The highest BCUT2D eigenvalue weighted by atomic mass is 32.2. The van der Waals surface area contributed by atoms with Gasteiger partial charge in [-0.25, -0.2) is 9.69 Å². The van der Waals surface area contributed by atoms with Crippen molar-refractivity contribution in [3.05, 3.63) is 126 Å². The third kappa shape index (κ3) is 8.13. The number of methoxy groups -OCH3 is 1. The Labute approximate surface area is 275 Å². The monoisotopic (exact) mass is 649 g/mol. The Morgan fingerprint density at radius 1 is 0.872 bits per heavy atom. The van der Waals surface area contributed by atoms with Crippen LogP contribution in [-0.4, -0.2) is 48.6 Å². The summed E-state index contributed by atoms with van der Waals surface area (Å²) < 4.78 is 10.2. The van der Waals surface area contributed by atoms with E-state index in [2.05, 4.69) is 10.6 Å². The summed E-state index contributed by atoms with van der Waals surface area (Å²) in [5.74, 6) is -1.50. The first kappa shape index (κ1) is 32.7. The van der Waals surface area contributed by atoms with E-state index in [4.69, 9.17) is 9.47 Å². The first-order valence-corrected chi connectivity index (χ1v) is 15.6. The Bertz CT molecular complexity index is 1810. The number of thioether (sulfide) groups is 1. The van der Waals surface area contributed by atoms with Crippen LogP contribution in [0.4, 0.5) is 11.4 Å². The van der Waals surface area contributed by atoms with Crippen LogP contribution in [0.3, 0.4) is 0 Å². The zero-order valence-corrected chi connectivity index (χ0v) is 26.4. The molecule has 1 unspecified atom stereocenters. The van der Waals surface area contributed by atoms with Crippen LogP contribution in [0.15, 0.2) is 114 Å². The van der Waals surface area contributed by atoms with Crippen molar-refractivity contribution in [1.82, 2.24) is 5.32 Å². The maximum Gasteiger partial charge on any atom is 0.338 e. The van der Waals surface area contributed by atoms with Crippen molar-refractivity contribution in [3.8, 4) is 5.75 Å². The van der Waals surface area contributed by atoms with Crippen LogP contribution < -0.4 is 20.3 Å². The standard InChI is InChI=1S/C36H31N3O7S/c1-3-46-36(44)25-11-15-27(16-12-25)39-32(40)22-31(35(39)43)47-29-19-13-26(14-20-29)37-34(42)30(21-23-9-17-28(45-2)18-10-23)38-33(41)24-7-5-4-6-8-24/h4-21,31H,3,22H2,1-2H3,(H,37,42)(H,38,41)/b30-21-. The van der Waals surface area contributed by atoms with Crippen LogP contribution in [0.25, 0.3) is 6.08 Å². The average Bonchev–Trinajstić information content (AvgIpc) is 3.37. The van der Waals surface area contributed by atoms with E-state index in [9.17, 15) is 24.0 Å². The summed E-state index contributed by atoms with van der Waals surface area (Å²) in [6.45, 7) is 1.95. The number of hydrogen-bond acceptors (Lipinski definition) is 8. The van der Waals surface area contributed by atoms with E-state index in [0.29, 0.717) is 33.8 Å². The van der Waals surface area contributed by atoms with Gasteiger partial charge in [-0.05, 0) is 91.4 Å². The van der Waals surface area contributed by atoms with Gasteiger partial charge in [-0.3, -0.25) is 19.2 Å². The van der Waals surface area contributed by atoms with Gasteiger partial charge < -0.3 is 20.1 Å². The largest absolute Gasteiger partial charge is 0.497 e. The van der Waals surface area contributed by atoms with Crippen molar-refractivity contribution in [2.24, 2.45) is 0 Å². The van der Waals surface area contributed by atoms with E-state index in [-0.39, 0.29) is 30.5 Å². The van der Waals surface area contributed by atoms with Crippen LogP contribution in [0.5, 0.6) is 5.75 Å². The van der Waals surface area contributed by atoms with E-state index in [1.165, 1.54) is 23.9 Å². The van der Waals surface area contributed by atoms with Gasteiger partial charge >= 0.3 is 5.97 Å². The quantitative estimate of drug-likeness (QED) is 0.120. The molecule has 0 spiro atoms. The lowest BCUT2D eigenvalue weighted by molar-refractivity contribution is -0.121. The van der Waals surface area contributed by atoms with Crippen molar-refractivity contribution < 1.29 is 33.4 Å². The number of ether oxygens (including phenoxy) is 2. The highest BCUT2D eigenvalue weighted by Crippen LogP contribution is 2.34. The molecule has 4 amide bonds. The third-order valence-electron chi connectivity index (χ3n) is 7.09. The minimum Gasteiger partial charge on any atom is -0.497 e. The van der Waals surface area contributed by atoms with Crippen molar-refractivity contribution in [1.29, 1.82) is 0 Å². The number of nitrogens with zero attached hydrogens (tertiary/aromatic N) is 1. The van der Waals surface area contributed by atoms with Crippen LogP contribution in [0.2, 0.25) is 0 Å². The normalized spacial score (nSPS) is 14.5. The number of amides is 4. The highest BCUT2D eigenvalue weighted by molar-refractivity contribution is 8.00. The summed E-state index contributed by atoms with van der Waals surface area (Å²) >= 11 is 1.24. The van der Waals surface area contributed by atoms with Gasteiger partial charge in [-0.1, -0.05) is 30.3 Å². The van der Waals surface area contributed by atoms with Crippen LogP contribution in [0.1, 0.15) is 39.6 Å². The molecule has 238 valence electrons. The summed E-state index contributed by atoms with van der Waals surface area (Å²) in [4.78, 5) is 66.1. The molecule has 1 fully saturated rings. The zero-order valence-electron chi connectivity index (χ0n) is 25.6. The molecule has 47 heavy (non-hydrogen) atoms. The first-order valence-electron chi connectivity index (χ1n) is 14.7. The fraction of sp³-hybridized carbons (Fsp3) is 0.139. The molecule has 10 nitrogen and oxygen atoms in total. The van der Waals surface area contributed by atoms with Gasteiger partial charge in [0.2, 0.25) is 11.8 Å². The molecule has 2 N–H and O–H groups in total. The molecule has 1 aliphatic heterocycles. The first-order chi connectivity index (χ1) is 22.7. The Balaban J connectivity index is 1.25. The van der Waals surface area contributed by atoms with Gasteiger partial charge in [-0.15, -0.1) is 11.8 Å². The predicted octanol–water partition coefficient (Wildman–Crippen LogP) is 5.71. The van der Waals surface area contributed by atoms with E-state index in [1.54, 1.807) is 111 Å². The molecule has 4 aromatic rings. The van der Waals surface area contributed by atoms with Crippen LogP contribution >= 0.6 is 11.8 Å². The predicted molar refractivity (Wildman–Crippen MR) is 179 cm³/mol. The number of anilines is 2. The number of nitrogens with one attached hydrogen (secondary N) is 2. The molecule has 1 atom stereocenters. The number of hydrogen-bond donors (Lipinski definition) is 2. The van der Waals surface area contributed by atoms with Gasteiger partial charge in [0.25, 0.3) is 11.8 Å². The van der Waals surface area contributed by atoms with Crippen LogP contribution in [-0.2, 0) is 19.1 Å². The maximum atomic E-state index is 13.4. The van der Waals surface area contributed by atoms with Gasteiger partial charge in [0.15, 0.2) is 0 Å². The van der Waals surface area contributed by atoms with E-state index < -0.39 is 23.0 Å². The third-order valence-corrected chi connectivity index (χ3v) is 8.29. The molecule has 4 aromatic carbocycles. The fourth-order valence-electron chi connectivity index (χ4n) is 4.72. The molecule has 0 saturated carbocycles. The Morgan fingerprint density at radius 3 is 2.19 bits per heavy atom. The molecule has 0 aliphatic carbocycles. The second-order valence-corrected chi connectivity index (χ2v) is 11.6. The molecule has 0 radical (unpaired) electrons. The molecule has 5 rings (SSSR count). The second-order valence-electron chi connectivity index (χ2n) is 10.3. The number of carbonyl (C=O) groups is 5. The van der Waals surface area contributed by atoms with Gasteiger partial charge in [-0.2, -0.15) is 0 Å². The van der Waals surface area contributed by atoms with Gasteiger partial charge in [0.05, 0.1) is 30.2 Å². The molecular weight excluding hydrogens is 618 g/mol. The molecule has 0 aromatic heterocycles. The Kier molecular flexibility index (Phi) is 10.5. The maximum absolute atomic E-state index is 13.4. The average molecular weight is 650 g/mol. The van der Waals surface area contributed by atoms with Gasteiger partial charge in [0, 0.05) is 22.6 Å². The number of benzene rings is 4. The minimum atomic E-state index is -0.639. The second kappa shape index (κ2) is 15.1. The number of rotatable bonds is 11. The minimum absolute atomic E-state index is 0.0161. The molecule has 1 heterocycles. The van der Waals surface area contributed by atoms with E-state index in [0.717, 1.165) is 9.80 Å². The van der Waals surface area contributed by atoms with Crippen molar-refractivity contribution in [3.63, 3.8) is 0 Å². The van der Waals surface area contributed by atoms with Crippen LogP contribution in [0, 0.1) is 0 Å². The summed E-state index contributed by atoms with van der Waals surface area (Å²) in [7, 11) is 1.56. The lowest BCUT2D eigenvalue weighted by atomic mass is 10.1. The molecule has 1 aliphatic rings. The number of imide groups is 1. The Morgan fingerprint density at radius 2 is 1.55 bits per heavy atom. The molecular formula is C36H31N3O7S. The lowest BCUT2D eigenvalue weighted by Crippen LogP contribution is -2.31. The van der Waals surface area contributed by atoms with Crippen molar-refractivity contribution >= 4 is 58.8 Å². The van der Waals surface area contributed by atoms with Crippen molar-refractivity contribution in [2.45, 2.75) is 23.5 Å². The summed E-state index contributed by atoms with van der Waals surface area (Å²) in [6, 6.07) is 28.6. The van der Waals surface area contributed by atoms with E-state index >= 15 is 0 Å². The molecule has 0 bridgehead atoms.